The van der Waals surface area contributed by atoms with Crippen molar-refractivity contribution in [3.05, 3.63) is 126 Å². The van der Waals surface area contributed by atoms with E-state index < -0.39 is 7.26 Å². The summed E-state index contributed by atoms with van der Waals surface area (Å²) in [6.07, 6.45) is 5.90. The molecule has 5 aromatic rings. The van der Waals surface area contributed by atoms with Crippen LogP contribution in [-0.4, -0.2) is 10.7 Å². The minimum atomic E-state index is -1.72. The first-order chi connectivity index (χ1) is 17.2. The van der Waals surface area contributed by atoms with E-state index in [0.717, 1.165) is 11.4 Å². The number of aryl methyl sites for hydroxylation is 2. The van der Waals surface area contributed by atoms with Crippen LogP contribution in [0.15, 0.2) is 115 Å². The summed E-state index contributed by atoms with van der Waals surface area (Å²) in [6, 6.07) is 42.1. The molecule has 0 radical (unpaired) electrons. The lowest BCUT2D eigenvalue weighted by Crippen LogP contribution is -3.00. The highest BCUT2D eigenvalue weighted by atomic mass is 79.9. The van der Waals surface area contributed by atoms with Crippen LogP contribution in [0.1, 0.15) is 25.0 Å². The standard InChI is InChI=1S/C32H32ClNP.BrH/c1-34-28(25-26-24-27(33)21-22-32(26)34)14-6-5-13-23-35(29-15-7-2-8-16-29,30-17-9-3-10-18-30)31-19-11-4-12-20-31;/h2-4,7-12,15-22,24-25H,5-6,13-14,23H2,1H3;1H/q+1;/p-1. The lowest BCUT2D eigenvalue weighted by atomic mass is 10.1. The molecular formula is C32H32BrClNP. The van der Waals surface area contributed by atoms with Crippen LogP contribution >= 0.6 is 18.9 Å². The van der Waals surface area contributed by atoms with Crippen LogP contribution in [0.4, 0.5) is 0 Å². The molecule has 0 saturated carbocycles. The number of aromatic nitrogens is 1. The summed E-state index contributed by atoms with van der Waals surface area (Å²) in [5.74, 6) is 0. The van der Waals surface area contributed by atoms with Gasteiger partial charge in [-0.05, 0) is 86.3 Å². The summed E-state index contributed by atoms with van der Waals surface area (Å²) >= 11 is 6.21. The second-order valence-electron chi connectivity index (χ2n) is 9.25. The van der Waals surface area contributed by atoms with Crippen LogP contribution in [0.3, 0.4) is 0 Å². The molecule has 1 heterocycles. The molecule has 0 spiro atoms. The summed E-state index contributed by atoms with van der Waals surface area (Å²) in [6.45, 7) is 0. The van der Waals surface area contributed by atoms with Crippen molar-refractivity contribution in [2.45, 2.75) is 25.7 Å². The molecule has 36 heavy (non-hydrogen) atoms. The van der Waals surface area contributed by atoms with Gasteiger partial charge in [0.25, 0.3) is 0 Å². The third-order valence-electron chi connectivity index (χ3n) is 7.12. The Balaban J connectivity index is 0.00000304. The third-order valence-corrected chi connectivity index (χ3v) is 11.9. The molecule has 1 nitrogen and oxygen atoms in total. The van der Waals surface area contributed by atoms with Gasteiger partial charge >= 0.3 is 0 Å². The molecule has 0 aliphatic rings. The molecule has 0 fully saturated rings. The minimum absolute atomic E-state index is 0. The maximum atomic E-state index is 6.21. The first-order valence-electron chi connectivity index (χ1n) is 12.5. The normalized spacial score (nSPS) is 11.4. The Morgan fingerprint density at radius 2 is 1.17 bits per heavy atom. The van der Waals surface area contributed by atoms with Gasteiger partial charge in [0, 0.05) is 28.7 Å². The van der Waals surface area contributed by atoms with Crippen molar-refractivity contribution in [1.29, 1.82) is 0 Å². The number of rotatable bonds is 9. The van der Waals surface area contributed by atoms with Gasteiger partial charge in [0.1, 0.15) is 23.2 Å². The Morgan fingerprint density at radius 3 is 1.69 bits per heavy atom. The zero-order valence-corrected chi connectivity index (χ0v) is 23.9. The second-order valence-corrected chi connectivity index (χ2v) is 13.3. The molecule has 4 aromatic carbocycles. The Bertz CT molecular complexity index is 1290. The van der Waals surface area contributed by atoms with Crippen LogP contribution in [0.5, 0.6) is 0 Å². The van der Waals surface area contributed by atoms with Crippen molar-refractivity contribution in [3.63, 3.8) is 0 Å². The predicted molar refractivity (Wildman–Crippen MR) is 155 cm³/mol. The average molecular weight is 577 g/mol. The molecule has 0 unspecified atom stereocenters. The van der Waals surface area contributed by atoms with Crippen LogP contribution in [0.2, 0.25) is 5.02 Å². The van der Waals surface area contributed by atoms with Gasteiger partial charge in [-0.3, -0.25) is 0 Å². The van der Waals surface area contributed by atoms with Crippen molar-refractivity contribution in [2.24, 2.45) is 7.05 Å². The highest BCUT2D eigenvalue weighted by Crippen LogP contribution is 2.56. The third kappa shape index (κ3) is 5.47. The maximum Gasteiger partial charge on any atom is 0.112 e. The summed E-state index contributed by atoms with van der Waals surface area (Å²) in [7, 11) is 0.445. The van der Waals surface area contributed by atoms with E-state index >= 15 is 0 Å². The van der Waals surface area contributed by atoms with Gasteiger partial charge in [-0.15, -0.1) is 0 Å². The zero-order valence-electron chi connectivity index (χ0n) is 20.7. The fourth-order valence-corrected chi connectivity index (χ4v) is 9.92. The monoisotopic (exact) mass is 575 g/mol. The van der Waals surface area contributed by atoms with Gasteiger partial charge in [-0.25, -0.2) is 0 Å². The van der Waals surface area contributed by atoms with E-state index in [0.29, 0.717) is 0 Å². The number of benzene rings is 4. The Hall–Kier alpha value is -2.38. The van der Waals surface area contributed by atoms with Crippen LogP contribution < -0.4 is 32.9 Å². The molecule has 0 aliphatic heterocycles. The molecule has 1 aromatic heterocycles. The van der Waals surface area contributed by atoms with E-state index in [1.165, 1.54) is 57.9 Å². The summed E-state index contributed by atoms with van der Waals surface area (Å²) in [5.41, 5.74) is 2.64. The molecule has 184 valence electrons. The molecule has 4 heteroatoms. The molecule has 5 rings (SSSR count). The highest BCUT2D eigenvalue weighted by molar-refractivity contribution is 7.95. The summed E-state index contributed by atoms with van der Waals surface area (Å²) in [4.78, 5) is 0. The van der Waals surface area contributed by atoms with Crippen LogP contribution in [-0.2, 0) is 13.5 Å². The van der Waals surface area contributed by atoms with E-state index in [-0.39, 0.29) is 17.0 Å². The molecule has 0 amide bonds. The minimum Gasteiger partial charge on any atom is -1.00 e. The van der Waals surface area contributed by atoms with Gasteiger partial charge in [-0.1, -0.05) is 66.2 Å². The first kappa shape index (κ1) is 26.7. The lowest BCUT2D eigenvalue weighted by molar-refractivity contribution is -0.00000679. The zero-order chi connectivity index (χ0) is 24.1. The van der Waals surface area contributed by atoms with E-state index in [9.17, 15) is 0 Å². The fourth-order valence-electron chi connectivity index (χ4n) is 5.33. The van der Waals surface area contributed by atoms with Gasteiger partial charge < -0.3 is 21.5 Å². The van der Waals surface area contributed by atoms with Gasteiger partial charge in [0.05, 0.1) is 6.16 Å². The average Bonchev–Trinajstić information content (AvgIpc) is 3.22. The number of unbranched alkanes of at least 4 members (excludes halogenated alkanes) is 2. The first-order valence-corrected chi connectivity index (χ1v) is 14.8. The lowest BCUT2D eigenvalue weighted by Gasteiger charge is -2.27. The van der Waals surface area contributed by atoms with E-state index in [2.05, 4.69) is 121 Å². The van der Waals surface area contributed by atoms with E-state index in [1.54, 1.807) is 0 Å². The van der Waals surface area contributed by atoms with Gasteiger partial charge in [-0.2, -0.15) is 0 Å². The van der Waals surface area contributed by atoms with Crippen molar-refractivity contribution < 1.29 is 17.0 Å². The van der Waals surface area contributed by atoms with Crippen molar-refractivity contribution in [3.8, 4) is 0 Å². The largest absolute Gasteiger partial charge is 1.00 e. The SMILES string of the molecule is Cn1c(CCCCC[P+](c2ccccc2)(c2ccccc2)c2ccccc2)cc2cc(Cl)ccc21.[Br-]. The Labute approximate surface area is 231 Å². The molecule has 0 atom stereocenters. The number of halogens is 2. The molecule has 0 bridgehead atoms. The topological polar surface area (TPSA) is 4.93 Å². The summed E-state index contributed by atoms with van der Waals surface area (Å²) in [5, 5.41) is 6.46. The van der Waals surface area contributed by atoms with E-state index in [1.807, 2.05) is 6.07 Å². The Kier molecular flexibility index (Phi) is 9.07. The van der Waals surface area contributed by atoms with Crippen molar-refractivity contribution >= 4 is 45.7 Å². The van der Waals surface area contributed by atoms with Crippen LogP contribution in [0.25, 0.3) is 10.9 Å². The number of fused-ring (bicyclic) bond motifs is 1. The molecule has 0 aliphatic carbocycles. The van der Waals surface area contributed by atoms with Crippen molar-refractivity contribution in [1.82, 2.24) is 4.57 Å². The van der Waals surface area contributed by atoms with E-state index in [4.69, 9.17) is 11.6 Å². The number of hydrogen-bond acceptors (Lipinski definition) is 0. The van der Waals surface area contributed by atoms with Gasteiger partial charge in [0.2, 0.25) is 0 Å². The number of hydrogen-bond donors (Lipinski definition) is 0. The van der Waals surface area contributed by atoms with Crippen LogP contribution in [0, 0.1) is 0 Å². The molecular weight excluding hydrogens is 545 g/mol. The van der Waals surface area contributed by atoms with Gasteiger partial charge in [0.15, 0.2) is 0 Å². The smallest absolute Gasteiger partial charge is 0.112 e. The summed E-state index contributed by atoms with van der Waals surface area (Å²) < 4.78 is 2.32. The van der Waals surface area contributed by atoms with Crippen molar-refractivity contribution in [2.75, 3.05) is 6.16 Å². The number of nitrogens with zero attached hydrogens (tertiary/aromatic N) is 1. The highest BCUT2D eigenvalue weighted by Gasteiger charge is 2.44. The predicted octanol–water partition coefficient (Wildman–Crippen LogP) is 4.54. The quantitative estimate of drug-likeness (QED) is 0.179. The molecule has 0 N–H and O–H groups in total. The fraction of sp³-hybridized carbons (Fsp3) is 0.188. The Morgan fingerprint density at radius 1 is 0.639 bits per heavy atom. The molecule has 0 saturated heterocycles. The maximum absolute atomic E-state index is 6.21. The second kappa shape index (κ2) is 12.2.